The van der Waals surface area contributed by atoms with Gasteiger partial charge in [-0.1, -0.05) is 0 Å². The maximum atomic E-state index is 12.1. The van der Waals surface area contributed by atoms with E-state index >= 15 is 0 Å². The third-order valence-electron chi connectivity index (χ3n) is 4.27. The third-order valence-corrected chi connectivity index (χ3v) is 4.27. The van der Waals surface area contributed by atoms with Crippen LogP contribution in [-0.2, 0) is 17.9 Å². The van der Waals surface area contributed by atoms with Crippen LogP contribution in [0.5, 0.6) is 5.75 Å². The molecule has 2 aromatic heterocycles. The van der Waals surface area contributed by atoms with Crippen molar-refractivity contribution in [2.45, 2.75) is 26.9 Å². The lowest BCUT2D eigenvalue weighted by Crippen LogP contribution is -2.36. The van der Waals surface area contributed by atoms with Crippen LogP contribution in [0.25, 0.3) is 11.3 Å². The Kier molecular flexibility index (Phi) is 6.74. The van der Waals surface area contributed by atoms with Gasteiger partial charge in [0.15, 0.2) is 0 Å². The van der Waals surface area contributed by atoms with E-state index in [-0.39, 0.29) is 36.7 Å². The molecule has 0 aliphatic carbocycles. The number of hydrogen-bond acceptors (Lipinski definition) is 6. The van der Waals surface area contributed by atoms with Crippen molar-refractivity contribution in [2.75, 3.05) is 13.2 Å². The van der Waals surface area contributed by atoms with Gasteiger partial charge in [0.05, 0.1) is 24.5 Å². The number of benzene rings is 1. The molecule has 0 unspecified atom stereocenters. The van der Waals surface area contributed by atoms with Crippen LogP contribution in [0.4, 0.5) is 0 Å². The zero-order chi connectivity index (χ0) is 21.5. The van der Waals surface area contributed by atoms with Gasteiger partial charge in [-0.15, -0.1) is 0 Å². The number of amides is 1. The van der Waals surface area contributed by atoms with Gasteiger partial charge in [0.2, 0.25) is 5.91 Å². The second kappa shape index (κ2) is 9.64. The van der Waals surface area contributed by atoms with Gasteiger partial charge in [-0.3, -0.25) is 14.4 Å². The number of nitrogens with one attached hydrogen (secondary N) is 1. The summed E-state index contributed by atoms with van der Waals surface area (Å²) in [4.78, 5) is 35.9. The fourth-order valence-corrected chi connectivity index (χ4v) is 2.81. The molecular weight excluding hydrogens is 386 g/mol. The molecule has 0 radical (unpaired) electrons. The Morgan fingerprint density at radius 3 is 2.40 bits per heavy atom. The molecule has 1 N–H and O–H groups in total. The molecule has 1 amide bonds. The lowest BCUT2D eigenvalue weighted by atomic mass is 10.1. The van der Waals surface area contributed by atoms with Gasteiger partial charge in [-0.2, -0.15) is 10.2 Å². The quantitative estimate of drug-likeness (QED) is 0.594. The summed E-state index contributed by atoms with van der Waals surface area (Å²) in [5.41, 5.74) is 1.51. The number of aromatic nitrogens is 4. The Bertz CT molecular complexity index is 1140. The van der Waals surface area contributed by atoms with Crippen molar-refractivity contribution in [3.63, 3.8) is 0 Å². The number of carbonyl (C=O) groups excluding carboxylic acids is 1. The van der Waals surface area contributed by atoms with Crippen LogP contribution in [-0.4, -0.2) is 38.6 Å². The fourth-order valence-electron chi connectivity index (χ4n) is 2.81. The second-order valence-electron chi connectivity index (χ2n) is 6.56. The molecule has 30 heavy (non-hydrogen) atoms. The highest BCUT2D eigenvalue weighted by Gasteiger charge is 2.07. The average molecular weight is 409 g/mol. The summed E-state index contributed by atoms with van der Waals surface area (Å²) >= 11 is 0. The molecule has 0 bridgehead atoms. The van der Waals surface area contributed by atoms with E-state index in [4.69, 9.17) is 4.74 Å². The molecular formula is C21H23N5O4. The lowest BCUT2D eigenvalue weighted by molar-refractivity contribution is -0.121. The summed E-state index contributed by atoms with van der Waals surface area (Å²) in [5, 5.41) is 11.1. The maximum Gasteiger partial charge on any atom is 0.267 e. The predicted octanol–water partition coefficient (Wildman–Crippen LogP) is 0.991. The molecule has 0 atom stereocenters. The molecule has 9 nitrogen and oxygen atoms in total. The Morgan fingerprint density at radius 2 is 1.67 bits per heavy atom. The van der Waals surface area contributed by atoms with E-state index in [1.165, 1.54) is 16.8 Å². The molecule has 0 saturated carbocycles. The summed E-state index contributed by atoms with van der Waals surface area (Å²) in [6.45, 7) is 4.45. The molecule has 3 aromatic rings. The first-order valence-electron chi connectivity index (χ1n) is 9.59. The highest BCUT2D eigenvalue weighted by molar-refractivity contribution is 5.75. The molecule has 156 valence electrons. The van der Waals surface area contributed by atoms with Crippen molar-refractivity contribution < 1.29 is 9.53 Å². The van der Waals surface area contributed by atoms with E-state index < -0.39 is 0 Å². The second-order valence-corrected chi connectivity index (χ2v) is 6.56. The summed E-state index contributed by atoms with van der Waals surface area (Å²) in [5.74, 6) is 0.394. The number of rotatable bonds is 8. The third kappa shape index (κ3) is 5.40. The normalized spacial score (nSPS) is 10.6. The number of hydrogen-bond donors (Lipinski definition) is 1. The molecule has 1 aromatic carbocycles. The SMILES string of the molecule is CCOc1ccc(-c2ccc(=O)n(CCNC(=O)Cn3nc(C)ccc3=O)n2)cc1. The Balaban J connectivity index is 1.62. The van der Waals surface area contributed by atoms with E-state index in [1.807, 2.05) is 31.2 Å². The van der Waals surface area contributed by atoms with Gasteiger partial charge in [-0.25, -0.2) is 9.36 Å². The molecule has 0 fully saturated rings. The number of carbonyl (C=O) groups is 1. The largest absolute Gasteiger partial charge is 0.494 e. The van der Waals surface area contributed by atoms with Crippen molar-refractivity contribution in [2.24, 2.45) is 0 Å². The van der Waals surface area contributed by atoms with E-state index in [1.54, 1.807) is 19.1 Å². The summed E-state index contributed by atoms with van der Waals surface area (Å²) < 4.78 is 7.82. The van der Waals surface area contributed by atoms with Gasteiger partial charge in [-0.05, 0) is 50.2 Å². The molecule has 0 saturated heterocycles. The topological polar surface area (TPSA) is 108 Å². The number of aryl methyl sites for hydroxylation is 1. The number of nitrogens with zero attached hydrogens (tertiary/aromatic N) is 4. The summed E-state index contributed by atoms with van der Waals surface area (Å²) in [6.07, 6.45) is 0. The Labute approximate surface area is 172 Å². The highest BCUT2D eigenvalue weighted by Crippen LogP contribution is 2.19. The van der Waals surface area contributed by atoms with Crippen LogP contribution in [0.15, 0.2) is 58.1 Å². The monoisotopic (exact) mass is 409 g/mol. The van der Waals surface area contributed by atoms with Crippen LogP contribution in [0.2, 0.25) is 0 Å². The molecule has 0 spiro atoms. The minimum absolute atomic E-state index is 0.185. The standard InChI is InChI=1S/C21H23N5O4/c1-3-30-17-7-5-16(6-8-17)18-9-11-20(28)25(24-18)13-12-22-19(27)14-26-21(29)10-4-15(2)23-26/h4-11H,3,12-14H2,1-2H3,(H,22,27). The molecule has 3 rings (SSSR count). The highest BCUT2D eigenvalue weighted by atomic mass is 16.5. The molecule has 0 aliphatic rings. The van der Waals surface area contributed by atoms with Gasteiger partial charge in [0.25, 0.3) is 11.1 Å². The Morgan fingerprint density at radius 1 is 0.967 bits per heavy atom. The first-order valence-corrected chi connectivity index (χ1v) is 9.59. The van der Waals surface area contributed by atoms with E-state index in [0.717, 1.165) is 16.0 Å². The summed E-state index contributed by atoms with van der Waals surface area (Å²) in [7, 11) is 0. The zero-order valence-electron chi connectivity index (χ0n) is 16.9. The fraction of sp³-hybridized carbons (Fsp3) is 0.286. The first-order chi connectivity index (χ1) is 14.5. The van der Waals surface area contributed by atoms with Gasteiger partial charge < -0.3 is 10.1 Å². The molecule has 0 aliphatic heterocycles. The lowest BCUT2D eigenvalue weighted by Gasteiger charge is -2.10. The van der Waals surface area contributed by atoms with Gasteiger partial charge >= 0.3 is 0 Å². The van der Waals surface area contributed by atoms with Crippen LogP contribution in [0.1, 0.15) is 12.6 Å². The van der Waals surface area contributed by atoms with Crippen LogP contribution < -0.4 is 21.2 Å². The molecule has 2 heterocycles. The van der Waals surface area contributed by atoms with Crippen molar-refractivity contribution in [1.29, 1.82) is 0 Å². The van der Waals surface area contributed by atoms with Crippen molar-refractivity contribution in [1.82, 2.24) is 24.9 Å². The van der Waals surface area contributed by atoms with E-state index in [2.05, 4.69) is 15.5 Å². The zero-order valence-corrected chi connectivity index (χ0v) is 16.9. The molecule has 9 heteroatoms. The first kappa shape index (κ1) is 21.0. The maximum absolute atomic E-state index is 12.1. The Hall–Kier alpha value is -3.75. The summed E-state index contributed by atoms with van der Waals surface area (Å²) in [6, 6.07) is 13.5. The van der Waals surface area contributed by atoms with Crippen molar-refractivity contribution in [3.05, 3.63) is 74.9 Å². The number of ether oxygens (including phenoxy) is 1. The van der Waals surface area contributed by atoms with Crippen LogP contribution in [0, 0.1) is 6.92 Å². The van der Waals surface area contributed by atoms with Crippen LogP contribution >= 0.6 is 0 Å². The minimum atomic E-state index is -0.370. The minimum Gasteiger partial charge on any atom is -0.494 e. The van der Waals surface area contributed by atoms with E-state index in [0.29, 0.717) is 18.0 Å². The van der Waals surface area contributed by atoms with Gasteiger partial charge in [0, 0.05) is 24.2 Å². The predicted molar refractivity (Wildman–Crippen MR) is 111 cm³/mol. The smallest absolute Gasteiger partial charge is 0.267 e. The van der Waals surface area contributed by atoms with Crippen molar-refractivity contribution in [3.8, 4) is 17.0 Å². The average Bonchev–Trinajstić information content (AvgIpc) is 2.73. The van der Waals surface area contributed by atoms with Crippen molar-refractivity contribution >= 4 is 5.91 Å². The van der Waals surface area contributed by atoms with Crippen LogP contribution in [0.3, 0.4) is 0 Å². The van der Waals surface area contributed by atoms with Gasteiger partial charge in [0.1, 0.15) is 12.3 Å². The van der Waals surface area contributed by atoms with E-state index in [9.17, 15) is 14.4 Å².